The van der Waals surface area contributed by atoms with E-state index in [4.69, 9.17) is 4.74 Å². The van der Waals surface area contributed by atoms with Gasteiger partial charge in [0.2, 0.25) is 5.91 Å². The third-order valence-electron chi connectivity index (χ3n) is 3.41. The van der Waals surface area contributed by atoms with Crippen molar-refractivity contribution in [2.45, 2.75) is 6.42 Å². The van der Waals surface area contributed by atoms with Crippen molar-refractivity contribution >= 4 is 27.5 Å². The van der Waals surface area contributed by atoms with Crippen LogP contribution in [-0.4, -0.2) is 5.91 Å². The first-order valence-electron chi connectivity index (χ1n) is 7.57. The largest absolute Gasteiger partial charge is 0.455 e. The predicted molar refractivity (Wildman–Crippen MR) is 99.4 cm³/mol. The van der Waals surface area contributed by atoms with Gasteiger partial charge in [-0.1, -0.05) is 58.4 Å². The maximum absolute atomic E-state index is 12.3. The summed E-state index contributed by atoms with van der Waals surface area (Å²) in [6, 6.07) is 24.6. The van der Waals surface area contributed by atoms with Crippen LogP contribution in [0.25, 0.3) is 0 Å². The van der Waals surface area contributed by atoms with Crippen LogP contribution in [0.3, 0.4) is 0 Å². The molecule has 3 aromatic rings. The number of carbonyl (C=O) groups excluding carboxylic acids is 1. The van der Waals surface area contributed by atoms with Crippen LogP contribution in [0.4, 0.5) is 5.69 Å². The minimum Gasteiger partial charge on any atom is -0.455 e. The molecular formula is C20H16BrNO2. The molecule has 0 saturated heterocycles. The Morgan fingerprint density at radius 1 is 0.875 bits per heavy atom. The fourth-order valence-electron chi connectivity index (χ4n) is 2.26. The lowest BCUT2D eigenvalue weighted by atomic mass is 10.1. The van der Waals surface area contributed by atoms with Crippen LogP contribution in [0.1, 0.15) is 5.56 Å². The quantitative estimate of drug-likeness (QED) is 0.640. The molecule has 1 amide bonds. The lowest BCUT2D eigenvalue weighted by molar-refractivity contribution is -0.115. The van der Waals surface area contributed by atoms with Gasteiger partial charge in [-0.3, -0.25) is 4.79 Å². The third-order valence-corrected chi connectivity index (χ3v) is 3.94. The molecule has 0 unspecified atom stereocenters. The number of nitrogens with one attached hydrogen (secondary N) is 1. The molecule has 0 radical (unpaired) electrons. The summed E-state index contributed by atoms with van der Waals surface area (Å²) in [4.78, 5) is 12.3. The van der Waals surface area contributed by atoms with Gasteiger partial charge in [0.1, 0.15) is 5.75 Å². The van der Waals surface area contributed by atoms with Crippen molar-refractivity contribution in [2.75, 3.05) is 5.32 Å². The number of para-hydroxylation sites is 3. The molecule has 0 spiro atoms. The van der Waals surface area contributed by atoms with E-state index in [1.54, 1.807) is 0 Å². The number of carbonyl (C=O) groups is 1. The molecule has 0 aliphatic rings. The lowest BCUT2D eigenvalue weighted by Crippen LogP contribution is -2.14. The molecule has 0 fully saturated rings. The van der Waals surface area contributed by atoms with E-state index in [-0.39, 0.29) is 5.91 Å². The number of hydrogen-bond acceptors (Lipinski definition) is 2. The zero-order valence-corrected chi connectivity index (χ0v) is 14.5. The van der Waals surface area contributed by atoms with Crippen LogP contribution in [0.2, 0.25) is 0 Å². The van der Waals surface area contributed by atoms with Gasteiger partial charge in [0.05, 0.1) is 12.1 Å². The molecule has 0 aliphatic carbocycles. The van der Waals surface area contributed by atoms with Gasteiger partial charge in [-0.25, -0.2) is 0 Å². The predicted octanol–water partition coefficient (Wildman–Crippen LogP) is 5.42. The molecule has 1 N–H and O–H groups in total. The zero-order valence-electron chi connectivity index (χ0n) is 12.9. The van der Waals surface area contributed by atoms with E-state index in [0.717, 1.165) is 15.8 Å². The molecule has 0 heterocycles. The molecule has 120 valence electrons. The van der Waals surface area contributed by atoms with Crippen molar-refractivity contribution in [1.82, 2.24) is 0 Å². The number of hydrogen-bond donors (Lipinski definition) is 1. The number of ether oxygens (including phenoxy) is 1. The molecule has 4 heteroatoms. The minimum atomic E-state index is -0.0820. The van der Waals surface area contributed by atoms with E-state index in [9.17, 15) is 4.79 Å². The van der Waals surface area contributed by atoms with Crippen LogP contribution >= 0.6 is 15.9 Å². The Balaban J connectivity index is 1.70. The average Bonchev–Trinajstić information content (AvgIpc) is 2.60. The van der Waals surface area contributed by atoms with Gasteiger partial charge >= 0.3 is 0 Å². The molecule has 0 bridgehead atoms. The summed E-state index contributed by atoms with van der Waals surface area (Å²) in [5.41, 5.74) is 1.61. The highest BCUT2D eigenvalue weighted by Crippen LogP contribution is 2.29. The highest BCUT2D eigenvalue weighted by Gasteiger charge is 2.09. The van der Waals surface area contributed by atoms with Crippen LogP contribution in [0.5, 0.6) is 11.5 Å². The molecule has 0 saturated carbocycles. The van der Waals surface area contributed by atoms with Crippen LogP contribution in [-0.2, 0) is 11.2 Å². The molecule has 0 aliphatic heterocycles. The molecule has 3 aromatic carbocycles. The Kier molecular flexibility index (Phi) is 5.29. The Morgan fingerprint density at radius 2 is 1.54 bits per heavy atom. The van der Waals surface area contributed by atoms with Crippen molar-refractivity contribution in [3.8, 4) is 11.5 Å². The van der Waals surface area contributed by atoms with Gasteiger partial charge in [-0.15, -0.1) is 0 Å². The van der Waals surface area contributed by atoms with Crippen LogP contribution in [0.15, 0.2) is 83.3 Å². The van der Waals surface area contributed by atoms with Crippen molar-refractivity contribution in [3.63, 3.8) is 0 Å². The van der Waals surface area contributed by atoms with E-state index in [1.165, 1.54) is 0 Å². The molecule has 24 heavy (non-hydrogen) atoms. The first-order valence-corrected chi connectivity index (χ1v) is 8.36. The van der Waals surface area contributed by atoms with E-state index >= 15 is 0 Å². The van der Waals surface area contributed by atoms with E-state index in [2.05, 4.69) is 21.2 Å². The highest BCUT2D eigenvalue weighted by atomic mass is 79.9. The monoisotopic (exact) mass is 381 g/mol. The molecule has 0 atom stereocenters. The van der Waals surface area contributed by atoms with Gasteiger partial charge in [0, 0.05) is 4.47 Å². The summed E-state index contributed by atoms with van der Waals surface area (Å²) in [6.07, 6.45) is 0.312. The summed E-state index contributed by atoms with van der Waals surface area (Å²) in [5.74, 6) is 1.27. The SMILES string of the molecule is O=C(Cc1ccc(Br)cc1)Nc1ccccc1Oc1ccccc1. The summed E-state index contributed by atoms with van der Waals surface area (Å²) in [7, 11) is 0. The lowest BCUT2D eigenvalue weighted by Gasteiger charge is -2.12. The van der Waals surface area contributed by atoms with Gasteiger partial charge < -0.3 is 10.1 Å². The Morgan fingerprint density at radius 3 is 2.29 bits per heavy atom. The number of amides is 1. The smallest absolute Gasteiger partial charge is 0.228 e. The van der Waals surface area contributed by atoms with Crippen LogP contribution < -0.4 is 10.1 Å². The molecule has 3 nitrogen and oxygen atoms in total. The number of rotatable bonds is 5. The first kappa shape index (κ1) is 16.3. The Hall–Kier alpha value is -2.59. The van der Waals surface area contributed by atoms with E-state index in [0.29, 0.717) is 17.9 Å². The number of anilines is 1. The normalized spacial score (nSPS) is 10.2. The van der Waals surface area contributed by atoms with Gasteiger partial charge in [-0.05, 0) is 42.0 Å². The second-order valence-electron chi connectivity index (χ2n) is 5.26. The summed E-state index contributed by atoms with van der Waals surface area (Å²) in [5, 5.41) is 2.92. The van der Waals surface area contributed by atoms with Crippen molar-refractivity contribution in [1.29, 1.82) is 0 Å². The Labute approximate surface area is 149 Å². The van der Waals surface area contributed by atoms with Crippen molar-refractivity contribution in [2.24, 2.45) is 0 Å². The van der Waals surface area contributed by atoms with Crippen molar-refractivity contribution < 1.29 is 9.53 Å². The summed E-state index contributed by atoms with van der Waals surface area (Å²) >= 11 is 3.39. The number of halogens is 1. The second-order valence-corrected chi connectivity index (χ2v) is 6.18. The zero-order chi connectivity index (χ0) is 16.8. The third kappa shape index (κ3) is 4.46. The first-order chi connectivity index (χ1) is 11.7. The van der Waals surface area contributed by atoms with Gasteiger partial charge in [0.15, 0.2) is 5.75 Å². The molecular weight excluding hydrogens is 366 g/mol. The van der Waals surface area contributed by atoms with E-state index < -0.39 is 0 Å². The fourth-order valence-corrected chi connectivity index (χ4v) is 2.52. The summed E-state index contributed by atoms with van der Waals surface area (Å²) < 4.78 is 6.85. The van der Waals surface area contributed by atoms with Crippen LogP contribution in [0, 0.1) is 0 Å². The maximum atomic E-state index is 12.3. The Bertz CT molecular complexity index is 817. The molecule has 3 rings (SSSR count). The second kappa shape index (κ2) is 7.79. The minimum absolute atomic E-state index is 0.0820. The standard InChI is InChI=1S/C20H16BrNO2/c21-16-12-10-15(11-13-16)14-20(23)22-18-8-4-5-9-19(18)24-17-6-2-1-3-7-17/h1-13H,14H2,(H,22,23). The topological polar surface area (TPSA) is 38.3 Å². The summed E-state index contributed by atoms with van der Waals surface area (Å²) in [6.45, 7) is 0. The molecule has 0 aromatic heterocycles. The fraction of sp³-hybridized carbons (Fsp3) is 0.0500. The van der Waals surface area contributed by atoms with E-state index in [1.807, 2.05) is 78.9 Å². The number of benzene rings is 3. The highest BCUT2D eigenvalue weighted by molar-refractivity contribution is 9.10. The maximum Gasteiger partial charge on any atom is 0.228 e. The average molecular weight is 382 g/mol. The van der Waals surface area contributed by atoms with Gasteiger partial charge in [-0.2, -0.15) is 0 Å². The van der Waals surface area contributed by atoms with Crippen molar-refractivity contribution in [3.05, 3.63) is 88.9 Å². The van der Waals surface area contributed by atoms with Gasteiger partial charge in [0.25, 0.3) is 0 Å².